The van der Waals surface area contributed by atoms with E-state index in [-0.39, 0.29) is 24.1 Å². The molecule has 2 bridgehead atoms. The molecule has 3 heterocycles. The number of hydrogen-bond acceptors (Lipinski definition) is 5. The summed E-state index contributed by atoms with van der Waals surface area (Å²) in [5.41, 5.74) is 0.0841. The van der Waals surface area contributed by atoms with Crippen molar-refractivity contribution in [2.24, 2.45) is 0 Å². The van der Waals surface area contributed by atoms with E-state index < -0.39 is 15.6 Å². The highest BCUT2D eigenvalue weighted by Gasteiger charge is 2.43. The van der Waals surface area contributed by atoms with Crippen molar-refractivity contribution in [3.63, 3.8) is 0 Å². The van der Waals surface area contributed by atoms with E-state index in [2.05, 4.69) is 10.8 Å². The molecule has 1 aromatic rings. The highest BCUT2D eigenvalue weighted by atomic mass is 32.2. The van der Waals surface area contributed by atoms with Gasteiger partial charge >= 0.3 is 0 Å². The number of hydrogen-bond donors (Lipinski definition) is 1. The van der Waals surface area contributed by atoms with Crippen LogP contribution in [-0.4, -0.2) is 62.4 Å². The van der Waals surface area contributed by atoms with Crippen LogP contribution in [0.15, 0.2) is 24.3 Å². The van der Waals surface area contributed by atoms with E-state index in [1.54, 1.807) is 18.7 Å². The zero-order chi connectivity index (χ0) is 22.2. The molecule has 5 rings (SSSR count). The molecule has 0 radical (unpaired) electrons. The number of para-hydroxylation sites is 1. The molecule has 3 aliphatic heterocycles. The Kier molecular flexibility index (Phi) is 6.34. The predicted molar refractivity (Wildman–Crippen MR) is 119 cm³/mol. The second-order valence-electron chi connectivity index (χ2n) is 9.66. The maximum atomic E-state index is 13.7. The van der Waals surface area contributed by atoms with Crippen molar-refractivity contribution < 1.29 is 22.7 Å². The van der Waals surface area contributed by atoms with Crippen molar-refractivity contribution >= 4 is 15.9 Å². The minimum atomic E-state index is -3.40. The normalized spacial score (nSPS) is 31.5. The Morgan fingerprint density at radius 3 is 2.52 bits per heavy atom. The summed E-state index contributed by atoms with van der Waals surface area (Å²) in [6.45, 7) is 4.50. The number of carbonyl (C=O) groups excluding carboxylic acids is 1. The molecule has 0 spiro atoms. The fourth-order valence-electron chi connectivity index (χ4n) is 5.28. The average Bonchev–Trinajstić information content (AvgIpc) is 2.72. The van der Waals surface area contributed by atoms with Crippen LogP contribution in [-0.2, 0) is 19.6 Å². The van der Waals surface area contributed by atoms with Gasteiger partial charge in [-0.2, -0.15) is 0 Å². The maximum Gasteiger partial charge on any atom is 0.266 e. The van der Waals surface area contributed by atoms with Crippen molar-refractivity contribution in [2.45, 2.75) is 82.1 Å². The number of rotatable bonds is 2. The molecule has 0 aromatic heterocycles. The summed E-state index contributed by atoms with van der Waals surface area (Å²) >= 11 is 0. The molecule has 1 amide bonds. The zero-order valence-corrected chi connectivity index (χ0v) is 19.5. The summed E-state index contributed by atoms with van der Waals surface area (Å²) in [4.78, 5) is 15.4. The Labute approximate surface area is 185 Å². The summed E-state index contributed by atoms with van der Waals surface area (Å²) in [6.07, 6.45) is 6.64. The predicted octanol–water partition coefficient (Wildman–Crippen LogP) is 2.81. The first-order valence-corrected chi connectivity index (χ1v) is 13.2. The van der Waals surface area contributed by atoms with Gasteiger partial charge in [0.15, 0.2) is 5.60 Å². The number of amides is 1. The average molecular weight is 451 g/mol. The molecule has 4 aliphatic rings. The monoisotopic (exact) mass is 450 g/mol. The molecular formula is C23H34N2O5S. The van der Waals surface area contributed by atoms with Gasteiger partial charge in [0.25, 0.3) is 5.91 Å². The van der Waals surface area contributed by atoms with E-state index in [0.29, 0.717) is 25.5 Å². The van der Waals surface area contributed by atoms with Crippen LogP contribution in [0, 0.1) is 0 Å². The highest BCUT2D eigenvalue weighted by molar-refractivity contribution is 7.88. The number of benzene rings is 1. The lowest BCUT2D eigenvalue weighted by atomic mass is 9.82. The summed E-state index contributed by atoms with van der Waals surface area (Å²) in [5.74, 6) is 1.02. The van der Waals surface area contributed by atoms with Gasteiger partial charge in [0, 0.05) is 12.6 Å². The third-order valence-electron chi connectivity index (χ3n) is 6.82. The van der Waals surface area contributed by atoms with Crippen LogP contribution in [0.2, 0.25) is 0 Å². The van der Waals surface area contributed by atoms with Gasteiger partial charge in [-0.1, -0.05) is 18.2 Å². The molecule has 2 fully saturated rings. The SMILES string of the molecule is CC1(C)Oc2ccccc2C2CCC(CC2)OC[C@H]2[C@@H](NS(C)(=O)=O)CCCN2C1=O. The first-order chi connectivity index (χ1) is 14.6. The van der Waals surface area contributed by atoms with Gasteiger partial charge in [-0.05, 0) is 69.9 Å². The van der Waals surface area contributed by atoms with Gasteiger partial charge in [-0.3, -0.25) is 4.79 Å². The van der Waals surface area contributed by atoms with Gasteiger partial charge in [-0.15, -0.1) is 0 Å². The standard InChI is InChI=1S/C23H34N2O5S/c1-23(2)22(26)25-14-6-8-19(24-31(3,27)28)20(25)15-29-17-12-10-16(11-13-17)18-7-4-5-9-21(18)30-23/h4-5,7,9,16-17,19-20,24H,6,8,10-15H2,1-3H3/t16?,17?,19-,20-/m0/s1. The number of piperidine rings is 1. The van der Waals surface area contributed by atoms with Gasteiger partial charge in [0.2, 0.25) is 10.0 Å². The number of nitrogens with zero attached hydrogens (tertiary/aromatic N) is 1. The fourth-order valence-corrected chi connectivity index (χ4v) is 6.10. The fraction of sp³-hybridized carbons (Fsp3) is 0.696. The molecule has 172 valence electrons. The summed E-state index contributed by atoms with van der Waals surface area (Å²) in [6, 6.07) is 7.32. The lowest BCUT2D eigenvalue weighted by Crippen LogP contribution is -2.62. The van der Waals surface area contributed by atoms with Crippen LogP contribution >= 0.6 is 0 Å². The Morgan fingerprint density at radius 1 is 1.10 bits per heavy atom. The molecule has 1 N–H and O–H groups in total. The van der Waals surface area contributed by atoms with E-state index in [1.165, 1.54) is 6.26 Å². The first-order valence-electron chi connectivity index (χ1n) is 11.3. The van der Waals surface area contributed by atoms with Crippen LogP contribution in [0.4, 0.5) is 0 Å². The molecule has 31 heavy (non-hydrogen) atoms. The number of fused-ring (bicyclic) bond motifs is 5. The molecule has 8 heteroatoms. The van der Waals surface area contributed by atoms with Crippen molar-refractivity contribution in [2.75, 3.05) is 19.4 Å². The summed E-state index contributed by atoms with van der Waals surface area (Å²) in [7, 11) is -3.40. The van der Waals surface area contributed by atoms with E-state index in [9.17, 15) is 13.2 Å². The lowest BCUT2D eigenvalue weighted by molar-refractivity contribution is -0.152. The van der Waals surface area contributed by atoms with Crippen LogP contribution in [0.3, 0.4) is 0 Å². The molecule has 1 saturated heterocycles. The van der Waals surface area contributed by atoms with Crippen molar-refractivity contribution in [1.29, 1.82) is 0 Å². The molecule has 1 aromatic carbocycles. The quantitative estimate of drug-likeness (QED) is 0.749. The minimum absolute atomic E-state index is 0.135. The van der Waals surface area contributed by atoms with Crippen LogP contribution in [0.25, 0.3) is 0 Å². The molecule has 0 unspecified atom stereocenters. The van der Waals surface area contributed by atoms with E-state index in [4.69, 9.17) is 9.47 Å². The molecule has 1 saturated carbocycles. The first kappa shape index (κ1) is 22.6. The van der Waals surface area contributed by atoms with Crippen LogP contribution in [0.5, 0.6) is 5.75 Å². The Morgan fingerprint density at radius 2 is 1.81 bits per heavy atom. The number of ether oxygens (including phenoxy) is 2. The maximum absolute atomic E-state index is 13.7. The van der Waals surface area contributed by atoms with Crippen molar-refractivity contribution in [3.05, 3.63) is 29.8 Å². The minimum Gasteiger partial charge on any atom is -0.478 e. The molecular weight excluding hydrogens is 416 g/mol. The summed E-state index contributed by atoms with van der Waals surface area (Å²) < 4.78 is 39.4. The van der Waals surface area contributed by atoms with Crippen molar-refractivity contribution in [3.8, 4) is 5.75 Å². The third-order valence-corrected chi connectivity index (χ3v) is 7.55. The van der Waals surface area contributed by atoms with Gasteiger partial charge in [0.05, 0.1) is 25.0 Å². The third kappa shape index (κ3) is 5.07. The molecule has 2 atom stereocenters. The molecule has 7 nitrogen and oxygen atoms in total. The lowest BCUT2D eigenvalue weighted by Gasteiger charge is -2.44. The topological polar surface area (TPSA) is 84.9 Å². The summed E-state index contributed by atoms with van der Waals surface area (Å²) in [5, 5.41) is 0. The molecule has 1 aliphatic carbocycles. The van der Waals surface area contributed by atoms with Gasteiger partial charge in [0.1, 0.15) is 5.75 Å². The number of carbonyl (C=O) groups is 1. The second-order valence-corrected chi connectivity index (χ2v) is 11.4. The van der Waals surface area contributed by atoms with Gasteiger partial charge in [-0.25, -0.2) is 13.1 Å². The number of sulfonamides is 1. The highest BCUT2D eigenvalue weighted by Crippen LogP contribution is 2.40. The number of nitrogens with one attached hydrogen (secondary N) is 1. The van der Waals surface area contributed by atoms with E-state index in [0.717, 1.165) is 43.4 Å². The smallest absolute Gasteiger partial charge is 0.266 e. The second kappa shape index (κ2) is 8.71. The van der Waals surface area contributed by atoms with E-state index >= 15 is 0 Å². The zero-order valence-electron chi connectivity index (χ0n) is 18.7. The Hall–Kier alpha value is -1.64. The largest absolute Gasteiger partial charge is 0.478 e. The van der Waals surface area contributed by atoms with Crippen LogP contribution < -0.4 is 9.46 Å². The van der Waals surface area contributed by atoms with Gasteiger partial charge < -0.3 is 14.4 Å². The van der Waals surface area contributed by atoms with E-state index in [1.807, 2.05) is 18.2 Å². The van der Waals surface area contributed by atoms with Crippen molar-refractivity contribution in [1.82, 2.24) is 9.62 Å². The van der Waals surface area contributed by atoms with Crippen LogP contribution in [0.1, 0.15) is 63.9 Å². The Balaban J connectivity index is 1.70. The Bertz CT molecular complexity index is 908.